The van der Waals surface area contributed by atoms with Gasteiger partial charge in [0.1, 0.15) is 0 Å². The molecule has 0 saturated heterocycles. The van der Waals surface area contributed by atoms with Crippen LogP contribution in [0.4, 0.5) is 0 Å². The van der Waals surface area contributed by atoms with E-state index in [0.717, 1.165) is 12.2 Å². The molecule has 0 bridgehead atoms. The number of aryl methyl sites for hydroxylation is 2. The number of unbranched alkanes of at least 4 members (excludes halogenated alkanes) is 5. The van der Waals surface area contributed by atoms with Crippen LogP contribution in [-0.2, 0) is 6.54 Å². The summed E-state index contributed by atoms with van der Waals surface area (Å²) in [5, 5.41) is 2.70. The Balaban J connectivity index is 1.86. The summed E-state index contributed by atoms with van der Waals surface area (Å²) in [6.45, 7) is 5.50. The fourth-order valence-electron chi connectivity index (χ4n) is 3.46. The second-order valence-electron chi connectivity index (χ2n) is 6.23. The number of rotatable bonds is 7. The van der Waals surface area contributed by atoms with Gasteiger partial charge in [0.2, 0.25) is 0 Å². The third-order valence-corrected chi connectivity index (χ3v) is 4.60. The van der Waals surface area contributed by atoms with E-state index < -0.39 is 0 Å². The molecule has 0 amide bonds. The molecule has 1 aromatic carbocycles. The molecule has 0 aliphatic heterocycles. The summed E-state index contributed by atoms with van der Waals surface area (Å²) < 4.78 is 2.48. The van der Waals surface area contributed by atoms with Crippen LogP contribution in [0.25, 0.3) is 21.8 Å². The molecule has 3 rings (SSSR count). The number of benzene rings is 1. The van der Waals surface area contributed by atoms with Gasteiger partial charge in [-0.05, 0) is 25.5 Å². The Morgan fingerprint density at radius 1 is 0.909 bits per heavy atom. The summed E-state index contributed by atoms with van der Waals surface area (Å²) in [6, 6.07) is 10.9. The molecule has 3 aromatic rings. The van der Waals surface area contributed by atoms with Crippen molar-refractivity contribution in [2.24, 2.45) is 0 Å². The fraction of sp³-hybridized carbons (Fsp3) is 0.450. The molecule has 2 nitrogen and oxygen atoms in total. The predicted octanol–water partition coefficient (Wildman–Crippen LogP) is 5.86. The van der Waals surface area contributed by atoms with Crippen LogP contribution >= 0.6 is 0 Å². The monoisotopic (exact) mass is 294 g/mol. The lowest BCUT2D eigenvalue weighted by Gasteiger charge is -2.08. The Labute approximate surface area is 133 Å². The van der Waals surface area contributed by atoms with Crippen molar-refractivity contribution >= 4 is 21.8 Å². The molecule has 0 radical (unpaired) electrons. The molecular formula is C20H26N2. The molecule has 0 N–H and O–H groups in total. The first-order valence-corrected chi connectivity index (χ1v) is 8.65. The fourth-order valence-corrected chi connectivity index (χ4v) is 3.46. The van der Waals surface area contributed by atoms with Crippen LogP contribution in [0, 0.1) is 6.92 Å². The molecule has 0 fully saturated rings. The average molecular weight is 294 g/mol. The maximum Gasteiger partial charge on any atom is 0.0707 e. The van der Waals surface area contributed by atoms with E-state index in [0.29, 0.717) is 0 Å². The third-order valence-electron chi connectivity index (χ3n) is 4.60. The van der Waals surface area contributed by atoms with Gasteiger partial charge in [0.15, 0.2) is 0 Å². The Morgan fingerprint density at radius 3 is 2.55 bits per heavy atom. The summed E-state index contributed by atoms with van der Waals surface area (Å²) in [5.74, 6) is 0. The highest BCUT2D eigenvalue weighted by molar-refractivity contribution is 6.08. The van der Waals surface area contributed by atoms with Gasteiger partial charge in [-0.25, -0.2) is 0 Å². The molecule has 0 aliphatic carbocycles. The Hall–Kier alpha value is -1.83. The molecule has 0 unspecified atom stereocenters. The van der Waals surface area contributed by atoms with Gasteiger partial charge < -0.3 is 4.57 Å². The minimum absolute atomic E-state index is 1.10. The van der Waals surface area contributed by atoms with Crippen molar-refractivity contribution in [1.82, 2.24) is 9.55 Å². The van der Waals surface area contributed by atoms with Crippen molar-refractivity contribution in [3.05, 3.63) is 42.2 Å². The van der Waals surface area contributed by atoms with Gasteiger partial charge in [0, 0.05) is 29.0 Å². The number of nitrogens with zero attached hydrogens (tertiary/aromatic N) is 2. The minimum Gasteiger partial charge on any atom is -0.339 e. The third kappa shape index (κ3) is 2.87. The molecular weight excluding hydrogens is 268 g/mol. The lowest BCUT2D eigenvalue weighted by molar-refractivity contribution is 0.570. The van der Waals surface area contributed by atoms with E-state index in [1.54, 1.807) is 0 Å². The van der Waals surface area contributed by atoms with E-state index in [1.165, 1.54) is 60.3 Å². The first-order valence-electron chi connectivity index (χ1n) is 8.65. The number of hydrogen-bond donors (Lipinski definition) is 0. The second kappa shape index (κ2) is 6.95. The summed E-state index contributed by atoms with van der Waals surface area (Å²) in [6.07, 6.45) is 9.95. The number of aromatic nitrogens is 2. The number of pyridine rings is 1. The maximum atomic E-state index is 4.51. The quantitative estimate of drug-likeness (QED) is 0.499. The van der Waals surface area contributed by atoms with E-state index in [1.807, 2.05) is 6.20 Å². The van der Waals surface area contributed by atoms with Crippen molar-refractivity contribution in [2.45, 2.75) is 58.9 Å². The highest BCUT2D eigenvalue weighted by Crippen LogP contribution is 2.30. The molecule has 2 heterocycles. The normalized spacial score (nSPS) is 11.5. The van der Waals surface area contributed by atoms with Gasteiger partial charge in [-0.2, -0.15) is 0 Å². The van der Waals surface area contributed by atoms with Crippen LogP contribution in [0.3, 0.4) is 0 Å². The smallest absolute Gasteiger partial charge is 0.0707 e. The highest BCUT2D eigenvalue weighted by Gasteiger charge is 2.11. The Bertz CT molecular complexity index is 755. The molecule has 22 heavy (non-hydrogen) atoms. The molecule has 0 spiro atoms. The molecule has 116 valence electrons. The number of para-hydroxylation sites is 1. The van der Waals surface area contributed by atoms with Crippen molar-refractivity contribution in [1.29, 1.82) is 0 Å². The lowest BCUT2D eigenvalue weighted by Crippen LogP contribution is -1.99. The van der Waals surface area contributed by atoms with E-state index in [9.17, 15) is 0 Å². The van der Waals surface area contributed by atoms with Crippen LogP contribution in [-0.4, -0.2) is 9.55 Å². The van der Waals surface area contributed by atoms with E-state index >= 15 is 0 Å². The standard InChI is InChI=1S/C20H26N2/c1-3-4-5-6-7-10-15-22-19-12-9-8-11-17(19)18-13-14-21-16(2)20(18)22/h8-9,11-14H,3-7,10,15H2,1-2H3. The molecule has 0 saturated carbocycles. The van der Waals surface area contributed by atoms with Crippen LogP contribution in [0.5, 0.6) is 0 Å². The second-order valence-corrected chi connectivity index (χ2v) is 6.23. The van der Waals surface area contributed by atoms with Gasteiger partial charge >= 0.3 is 0 Å². The SMILES string of the molecule is CCCCCCCCn1c2ccccc2c2ccnc(C)c21. The first kappa shape index (κ1) is 15.1. The largest absolute Gasteiger partial charge is 0.339 e. The Morgan fingerprint density at radius 2 is 1.68 bits per heavy atom. The Kier molecular flexibility index (Phi) is 4.77. The van der Waals surface area contributed by atoms with Gasteiger partial charge in [-0.3, -0.25) is 4.98 Å². The first-order chi connectivity index (χ1) is 10.8. The van der Waals surface area contributed by atoms with E-state index in [-0.39, 0.29) is 0 Å². The van der Waals surface area contributed by atoms with Crippen molar-refractivity contribution < 1.29 is 0 Å². The van der Waals surface area contributed by atoms with Crippen LogP contribution in [0.1, 0.15) is 51.1 Å². The van der Waals surface area contributed by atoms with Crippen LogP contribution in [0.2, 0.25) is 0 Å². The summed E-state index contributed by atoms with van der Waals surface area (Å²) in [4.78, 5) is 4.51. The zero-order chi connectivity index (χ0) is 15.4. The summed E-state index contributed by atoms with van der Waals surface area (Å²) in [5.41, 5.74) is 3.80. The summed E-state index contributed by atoms with van der Waals surface area (Å²) in [7, 11) is 0. The number of hydrogen-bond acceptors (Lipinski definition) is 1. The lowest BCUT2D eigenvalue weighted by atomic mass is 10.1. The maximum absolute atomic E-state index is 4.51. The van der Waals surface area contributed by atoms with Crippen molar-refractivity contribution in [3.63, 3.8) is 0 Å². The van der Waals surface area contributed by atoms with Crippen molar-refractivity contribution in [3.8, 4) is 0 Å². The molecule has 0 aliphatic rings. The van der Waals surface area contributed by atoms with E-state index in [4.69, 9.17) is 0 Å². The van der Waals surface area contributed by atoms with Gasteiger partial charge in [-0.15, -0.1) is 0 Å². The van der Waals surface area contributed by atoms with Crippen LogP contribution in [0.15, 0.2) is 36.5 Å². The molecule has 0 atom stereocenters. The van der Waals surface area contributed by atoms with Gasteiger partial charge in [0.25, 0.3) is 0 Å². The summed E-state index contributed by atoms with van der Waals surface area (Å²) >= 11 is 0. The van der Waals surface area contributed by atoms with E-state index in [2.05, 4.69) is 53.7 Å². The zero-order valence-electron chi connectivity index (χ0n) is 13.8. The number of fused-ring (bicyclic) bond motifs is 3. The zero-order valence-corrected chi connectivity index (χ0v) is 13.8. The van der Waals surface area contributed by atoms with Gasteiger partial charge in [-0.1, -0.05) is 57.2 Å². The van der Waals surface area contributed by atoms with Crippen LogP contribution < -0.4 is 0 Å². The average Bonchev–Trinajstić information content (AvgIpc) is 2.87. The van der Waals surface area contributed by atoms with Crippen molar-refractivity contribution in [2.75, 3.05) is 0 Å². The minimum atomic E-state index is 1.10. The van der Waals surface area contributed by atoms with Gasteiger partial charge in [0.05, 0.1) is 11.2 Å². The molecule has 2 aromatic heterocycles. The highest BCUT2D eigenvalue weighted by atomic mass is 15.0. The topological polar surface area (TPSA) is 17.8 Å². The predicted molar refractivity (Wildman–Crippen MR) is 95.4 cm³/mol. The molecule has 2 heteroatoms.